The van der Waals surface area contributed by atoms with E-state index in [0.717, 1.165) is 17.1 Å². The van der Waals surface area contributed by atoms with Gasteiger partial charge < -0.3 is 0 Å². The van der Waals surface area contributed by atoms with Gasteiger partial charge in [0.2, 0.25) is 0 Å². The van der Waals surface area contributed by atoms with Crippen LogP contribution in [0.3, 0.4) is 0 Å². The van der Waals surface area contributed by atoms with E-state index in [1.165, 1.54) is 12.4 Å². The zero-order chi connectivity index (χ0) is 12.5. The fourth-order valence-corrected chi connectivity index (χ4v) is 1.39. The number of alkyl halides is 3. The molecule has 0 bridgehead atoms. The van der Waals surface area contributed by atoms with Crippen LogP contribution in [0.25, 0.3) is 5.82 Å². The van der Waals surface area contributed by atoms with Crippen molar-refractivity contribution in [2.75, 3.05) is 0 Å². The number of hydrogen-bond acceptors (Lipinski definition) is 3. The third-order valence-electron chi connectivity index (χ3n) is 2.21. The predicted molar refractivity (Wildman–Crippen MR) is 53.5 cm³/mol. The minimum Gasteiger partial charge on any atom is -0.256 e. The van der Waals surface area contributed by atoms with E-state index in [0.29, 0.717) is 17.9 Å². The van der Waals surface area contributed by atoms with Crippen molar-refractivity contribution in [1.82, 2.24) is 19.7 Å². The molecule has 2 aromatic heterocycles. The quantitative estimate of drug-likeness (QED) is 0.811. The highest BCUT2D eigenvalue weighted by molar-refractivity contribution is 5.28. The number of rotatable bonds is 2. The van der Waals surface area contributed by atoms with Crippen molar-refractivity contribution in [2.45, 2.75) is 19.5 Å². The number of nitrogens with zero attached hydrogens (tertiary/aromatic N) is 4. The van der Waals surface area contributed by atoms with Crippen LogP contribution < -0.4 is 0 Å². The summed E-state index contributed by atoms with van der Waals surface area (Å²) in [6.07, 6.45) is 0.772. The third kappa shape index (κ3) is 2.27. The van der Waals surface area contributed by atoms with Gasteiger partial charge in [-0.2, -0.15) is 18.3 Å². The lowest BCUT2D eigenvalue weighted by atomic mass is 10.3. The van der Waals surface area contributed by atoms with E-state index < -0.39 is 11.7 Å². The van der Waals surface area contributed by atoms with Crippen LogP contribution in [0.4, 0.5) is 13.2 Å². The first-order valence-corrected chi connectivity index (χ1v) is 4.94. The first-order valence-electron chi connectivity index (χ1n) is 4.94. The molecular weight excluding hydrogens is 233 g/mol. The average Bonchev–Trinajstić information content (AvgIpc) is 2.77. The van der Waals surface area contributed by atoms with Crippen molar-refractivity contribution in [1.29, 1.82) is 0 Å². The van der Waals surface area contributed by atoms with Crippen LogP contribution in [0, 0.1) is 0 Å². The van der Waals surface area contributed by atoms with Crippen molar-refractivity contribution in [2.24, 2.45) is 0 Å². The van der Waals surface area contributed by atoms with Gasteiger partial charge in [-0.1, -0.05) is 6.92 Å². The molecule has 0 aromatic carbocycles. The molecule has 0 atom stereocenters. The molecule has 0 N–H and O–H groups in total. The lowest BCUT2D eigenvalue weighted by molar-refractivity contribution is -0.137. The van der Waals surface area contributed by atoms with Crippen molar-refractivity contribution in [3.8, 4) is 5.82 Å². The fraction of sp³-hybridized carbons (Fsp3) is 0.300. The summed E-state index contributed by atoms with van der Waals surface area (Å²) in [5, 5.41) is 3.66. The van der Waals surface area contributed by atoms with Crippen molar-refractivity contribution in [3.05, 3.63) is 36.0 Å². The monoisotopic (exact) mass is 242 g/mol. The molecule has 0 radical (unpaired) electrons. The maximum absolute atomic E-state index is 12.4. The predicted octanol–water partition coefficient (Wildman–Crippen LogP) is 2.24. The average molecular weight is 242 g/mol. The maximum atomic E-state index is 12.4. The molecule has 0 aliphatic heterocycles. The normalized spacial score (nSPS) is 11.8. The molecule has 7 heteroatoms. The second-order valence-corrected chi connectivity index (χ2v) is 3.35. The summed E-state index contributed by atoms with van der Waals surface area (Å²) in [4.78, 5) is 8.03. The van der Waals surface area contributed by atoms with E-state index in [-0.39, 0.29) is 0 Å². The van der Waals surface area contributed by atoms with Gasteiger partial charge >= 0.3 is 6.18 Å². The van der Waals surface area contributed by atoms with Gasteiger partial charge in [-0.3, -0.25) is 4.98 Å². The van der Waals surface area contributed by atoms with Crippen LogP contribution >= 0.6 is 0 Å². The molecule has 2 rings (SSSR count). The van der Waals surface area contributed by atoms with Gasteiger partial charge in [0.05, 0.1) is 17.5 Å². The molecule has 0 saturated heterocycles. The van der Waals surface area contributed by atoms with E-state index in [2.05, 4.69) is 15.1 Å². The summed E-state index contributed by atoms with van der Waals surface area (Å²) >= 11 is 0. The van der Waals surface area contributed by atoms with Crippen LogP contribution in [0.2, 0.25) is 0 Å². The Hall–Kier alpha value is -1.92. The van der Waals surface area contributed by atoms with Gasteiger partial charge in [-0.25, -0.2) is 9.67 Å². The SMILES string of the molecule is CCc1nccnc1-n1cc(C(F)(F)F)cn1. The molecular formula is C10H9F3N4. The molecule has 0 unspecified atom stereocenters. The largest absolute Gasteiger partial charge is 0.419 e. The molecule has 0 fully saturated rings. The summed E-state index contributed by atoms with van der Waals surface area (Å²) in [5.74, 6) is 0.325. The number of aryl methyl sites for hydroxylation is 1. The molecule has 90 valence electrons. The van der Waals surface area contributed by atoms with Gasteiger partial charge in [-0.15, -0.1) is 0 Å². The van der Waals surface area contributed by atoms with Gasteiger partial charge in [0, 0.05) is 18.6 Å². The molecule has 2 aromatic rings. The zero-order valence-corrected chi connectivity index (χ0v) is 8.94. The minimum atomic E-state index is -4.40. The standard InChI is InChI=1S/C10H9F3N4/c1-2-8-9(15-4-3-14-8)17-6-7(5-16-17)10(11,12)13/h3-6H,2H2,1H3. The summed E-state index contributed by atoms with van der Waals surface area (Å²) < 4.78 is 38.3. The molecule has 4 nitrogen and oxygen atoms in total. The molecule has 0 aliphatic rings. The second-order valence-electron chi connectivity index (χ2n) is 3.35. The van der Waals surface area contributed by atoms with E-state index >= 15 is 0 Å². The smallest absolute Gasteiger partial charge is 0.256 e. The van der Waals surface area contributed by atoms with E-state index in [9.17, 15) is 13.2 Å². The van der Waals surface area contributed by atoms with Crippen LogP contribution in [0.5, 0.6) is 0 Å². The fourth-order valence-electron chi connectivity index (χ4n) is 1.39. The van der Waals surface area contributed by atoms with Crippen molar-refractivity contribution >= 4 is 0 Å². The first kappa shape index (κ1) is 11.6. The Morgan fingerprint density at radius 2 is 1.94 bits per heavy atom. The molecule has 2 heterocycles. The highest BCUT2D eigenvalue weighted by atomic mass is 19.4. The zero-order valence-electron chi connectivity index (χ0n) is 8.94. The highest BCUT2D eigenvalue weighted by Gasteiger charge is 2.32. The molecule has 0 saturated carbocycles. The Morgan fingerprint density at radius 3 is 2.53 bits per heavy atom. The Balaban J connectivity index is 2.44. The highest BCUT2D eigenvalue weighted by Crippen LogP contribution is 2.29. The summed E-state index contributed by atoms with van der Waals surface area (Å²) in [6, 6.07) is 0. The first-order chi connectivity index (χ1) is 8.02. The van der Waals surface area contributed by atoms with Gasteiger partial charge in [-0.05, 0) is 6.42 Å². The van der Waals surface area contributed by atoms with E-state index in [1.54, 1.807) is 0 Å². The number of hydrogen-bond donors (Lipinski definition) is 0. The molecule has 17 heavy (non-hydrogen) atoms. The Labute approximate surface area is 95.1 Å². The van der Waals surface area contributed by atoms with E-state index in [1.807, 2.05) is 6.92 Å². The second kappa shape index (κ2) is 4.15. The van der Waals surface area contributed by atoms with Gasteiger partial charge in [0.15, 0.2) is 5.82 Å². The summed E-state index contributed by atoms with van der Waals surface area (Å²) in [7, 11) is 0. The van der Waals surface area contributed by atoms with Crippen molar-refractivity contribution < 1.29 is 13.2 Å². The lowest BCUT2D eigenvalue weighted by Crippen LogP contribution is -2.05. The minimum absolute atomic E-state index is 0.325. The van der Waals surface area contributed by atoms with Gasteiger partial charge in [0.1, 0.15) is 0 Å². The van der Waals surface area contributed by atoms with Crippen molar-refractivity contribution in [3.63, 3.8) is 0 Å². The Morgan fingerprint density at radius 1 is 1.24 bits per heavy atom. The number of aromatic nitrogens is 4. The molecule has 0 spiro atoms. The lowest BCUT2D eigenvalue weighted by Gasteiger charge is -2.04. The number of halogens is 3. The van der Waals surface area contributed by atoms with Gasteiger partial charge in [0.25, 0.3) is 0 Å². The summed E-state index contributed by atoms with van der Waals surface area (Å²) in [5.41, 5.74) is -0.200. The van der Waals surface area contributed by atoms with Crippen LogP contribution in [-0.2, 0) is 12.6 Å². The van der Waals surface area contributed by atoms with Crippen LogP contribution in [0.15, 0.2) is 24.8 Å². The Kier molecular flexibility index (Phi) is 2.83. The molecule has 0 aliphatic carbocycles. The topological polar surface area (TPSA) is 43.6 Å². The summed E-state index contributed by atoms with van der Waals surface area (Å²) in [6.45, 7) is 1.85. The van der Waals surface area contributed by atoms with E-state index in [4.69, 9.17) is 0 Å². The third-order valence-corrected chi connectivity index (χ3v) is 2.21. The molecule has 0 amide bonds. The van der Waals surface area contributed by atoms with Crippen LogP contribution in [0.1, 0.15) is 18.2 Å². The maximum Gasteiger partial charge on any atom is 0.419 e. The van der Waals surface area contributed by atoms with Crippen LogP contribution in [-0.4, -0.2) is 19.7 Å². The Bertz CT molecular complexity index is 518.